The van der Waals surface area contributed by atoms with Crippen molar-refractivity contribution in [2.24, 2.45) is 0 Å². The third-order valence-electron chi connectivity index (χ3n) is 0.534. The van der Waals surface area contributed by atoms with Gasteiger partial charge in [-0.3, -0.25) is 0 Å². The summed E-state index contributed by atoms with van der Waals surface area (Å²) >= 11 is 2.74. The minimum atomic E-state index is -2.58. The standard InChI is InChI=1S/C3H7BrO3/c1-2(4)3(5,6)7/h2,5-7H,1H3. The summed E-state index contributed by atoms with van der Waals surface area (Å²) in [6.45, 7) is 1.42. The molecular formula is C3H7BrO3. The van der Waals surface area contributed by atoms with Gasteiger partial charge in [-0.05, 0) is 6.92 Å². The maximum atomic E-state index is 8.16. The molecule has 0 aromatic carbocycles. The zero-order valence-electron chi connectivity index (χ0n) is 3.80. The highest BCUT2D eigenvalue weighted by Crippen LogP contribution is 2.09. The lowest BCUT2D eigenvalue weighted by atomic mass is 10.4. The average Bonchev–Trinajstić information content (AvgIpc) is 1.31. The summed E-state index contributed by atoms with van der Waals surface area (Å²) in [6.07, 6.45) is 0. The lowest BCUT2D eigenvalue weighted by Gasteiger charge is -2.15. The van der Waals surface area contributed by atoms with Gasteiger partial charge in [0.1, 0.15) is 0 Å². The fourth-order valence-corrected chi connectivity index (χ4v) is 0. The highest BCUT2D eigenvalue weighted by atomic mass is 79.9. The lowest BCUT2D eigenvalue weighted by molar-refractivity contribution is -0.306. The number of halogens is 1. The molecule has 0 bridgehead atoms. The molecule has 3 N–H and O–H groups in total. The highest BCUT2D eigenvalue weighted by Gasteiger charge is 2.24. The van der Waals surface area contributed by atoms with Crippen molar-refractivity contribution in [1.29, 1.82) is 0 Å². The molecule has 3 nitrogen and oxygen atoms in total. The van der Waals surface area contributed by atoms with Crippen molar-refractivity contribution in [3.8, 4) is 0 Å². The van der Waals surface area contributed by atoms with E-state index in [0.717, 1.165) is 0 Å². The van der Waals surface area contributed by atoms with E-state index in [0.29, 0.717) is 0 Å². The Morgan fingerprint density at radius 2 is 1.57 bits per heavy atom. The molecule has 0 saturated carbocycles. The first-order valence-electron chi connectivity index (χ1n) is 1.76. The Morgan fingerprint density at radius 1 is 1.43 bits per heavy atom. The summed E-state index contributed by atoms with van der Waals surface area (Å²) in [5.41, 5.74) is 0. The quantitative estimate of drug-likeness (QED) is 0.364. The zero-order chi connectivity index (χ0) is 6.08. The Balaban J connectivity index is 3.54. The molecule has 0 radical (unpaired) electrons. The maximum absolute atomic E-state index is 8.16. The number of rotatable bonds is 1. The van der Waals surface area contributed by atoms with Gasteiger partial charge in [0.05, 0.1) is 4.83 Å². The zero-order valence-corrected chi connectivity index (χ0v) is 5.38. The molecule has 0 aliphatic carbocycles. The topological polar surface area (TPSA) is 60.7 Å². The fourth-order valence-electron chi connectivity index (χ4n) is 0. The van der Waals surface area contributed by atoms with Gasteiger partial charge in [0.25, 0.3) is 5.97 Å². The predicted octanol–water partition coefficient (Wildman–Crippen LogP) is -0.600. The van der Waals surface area contributed by atoms with Crippen molar-refractivity contribution < 1.29 is 15.3 Å². The highest BCUT2D eigenvalue weighted by molar-refractivity contribution is 9.09. The van der Waals surface area contributed by atoms with Gasteiger partial charge in [-0.1, -0.05) is 15.9 Å². The molecule has 0 aromatic heterocycles. The molecule has 7 heavy (non-hydrogen) atoms. The molecule has 0 aliphatic rings. The van der Waals surface area contributed by atoms with Gasteiger partial charge in [0, 0.05) is 0 Å². The first-order valence-corrected chi connectivity index (χ1v) is 2.67. The molecule has 1 atom stereocenters. The van der Waals surface area contributed by atoms with Crippen molar-refractivity contribution in [2.75, 3.05) is 0 Å². The normalized spacial score (nSPS) is 16.7. The molecule has 0 amide bonds. The second-order valence-corrected chi connectivity index (χ2v) is 2.68. The Kier molecular flexibility index (Phi) is 2.19. The minimum Gasteiger partial charge on any atom is -0.343 e. The molecule has 1 unspecified atom stereocenters. The van der Waals surface area contributed by atoms with Crippen LogP contribution in [0.4, 0.5) is 0 Å². The molecular weight excluding hydrogens is 164 g/mol. The van der Waals surface area contributed by atoms with E-state index in [1.54, 1.807) is 0 Å². The van der Waals surface area contributed by atoms with Crippen LogP contribution in [0.2, 0.25) is 0 Å². The molecule has 4 heteroatoms. The molecule has 0 aromatic rings. The molecule has 0 spiro atoms. The van der Waals surface area contributed by atoms with Crippen LogP contribution < -0.4 is 0 Å². The number of hydrogen-bond acceptors (Lipinski definition) is 3. The van der Waals surface area contributed by atoms with E-state index in [2.05, 4.69) is 15.9 Å². The van der Waals surface area contributed by atoms with Crippen molar-refractivity contribution in [3.05, 3.63) is 0 Å². The third kappa shape index (κ3) is 2.99. The van der Waals surface area contributed by atoms with Gasteiger partial charge in [-0.25, -0.2) is 0 Å². The molecule has 0 aliphatic heterocycles. The maximum Gasteiger partial charge on any atom is 0.288 e. The van der Waals surface area contributed by atoms with E-state index in [9.17, 15) is 0 Å². The van der Waals surface area contributed by atoms with E-state index in [4.69, 9.17) is 15.3 Å². The Morgan fingerprint density at radius 3 is 1.57 bits per heavy atom. The Bertz CT molecular complexity index is 55.7. The van der Waals surface area contributed by atoms with Crippen LogP contribution in [0, 0.1) is 0 Å². The van der Waals surface area contributed by atoms with Crippen LogP contribution in [-0.2, 0) is 0 Å². The smallest absolute Gasteiger partial charge is 0.288 e. The first kappa shape index (κ1) is 7.36. The van der Waals surface area contributed by atoms with Crippen molar-refractivity contribution in [2.45, 2.75) is 17.7 Å². The average molecular weight is 171 g/mol. The van der Waals surface area contributed by atoms with Crippen molar-refractivity contribution in [3.63, 3.8) is 0 Å². The summed E-state index contributed by atoms with van der Waals surface area (Å²) in [7, 11) is 0. The molecule has 44 valence electrons. The summed E-state index contributed by atoms with van der Waals surface area (Å²) in [4.78, 5) is -0.722. The van der Waals surface area contributed by atoms with Gasteiger partial charge in [0.15, 0.2) is 0 Å². The molecule has 0 rings (SSSR count). The van der Waals surface area contributed by atoms with Crippen LogP contribution in [0.5, 0.6) is 0 Å². The fraction of sp³-hybridized carbons (Fsp3) is 1.00. The van der Waals surface area contributed by atoms with Crippen LogP contribution in [0.3, 0.4) is 0 Å². The van der Waals surface area contributed by atoms with Gasteiger partial charge < -0.3 is 15.3 Å². The number of hydrogen-bond donors (Lipinski definition) is 3. The van der Waals surface area contributed by atoms with Gasteiger partial charge in [-0.2, -0.15) is 0 Å². The lowest BCUT2D eigenvalue weighted by Crippen LogP contribution is -2.35. The first-order chi connectivity index (χ1) is 2.94. The van der Waals surface area contributed by atoms with E-state index in [-0.39, 0.29) is 0 Å². The Hall–Kier alpha value is 0.360. The monoisotopic (exact) mass is 170 g/mol. The number of alkyl halides is 1. The molecule has 0 heterocycles. The number of aliphatic hydroxyl groups is 3. The third-order valence-corrected chi connectivity index (χ3v) is 1.15. The van der Waals surface area contributed by atoms with E-state index in [1.165, 1.54) is 6.92 Å². The summed E-state index contributed by atoms with van der Waals surface area (Å²) < 4.78 is 0. The van der Waals surface area contributed by atoms with E-state index >= 15 is 0 Å². The summed E-state index contributed by atoms with van der Waals surface area (Å²) in [5, 5.41) is 24.5. The van der Waals surface area contributed by atoms with Gasteiger partial charge in [0.2, 0.25) is 0 Å². The predicted molar refractivity (Wildman–Crippen MR) is 27.8 cm³/mol. The minimum absolute atomic E-state index is 0.722. The van der Waals surface area contributed by atoms with Gasteiger partial charge >= 0.3 is 0 Å². The summed E-state index contributed by atoms with van der Waals surface area (Å²) in [6, 6.07) is 0. The Labute approximate surface area is 49.7 Å². The second kappa shape index (κ2) is 2.09. The molecule has 0 fully saturated rings. The van der Waals surface area contributed by atoms with Crippen LogP contribution >= 0.6 is 15.9 Å². The van der Waals surface area contributed by atoms with Crippen LogP contribution in [0.25, 0.3) is 0 Å². The van der Waals surface area contributed by atoms with E-state index in [1.807, 2.05) is 0 Å². The van der Waals surface area contributed by atoms with Crippen molar-refractivity contribution >= 4 is 15.9 Å². The van der Waals surface area contributed by atoms with E-state index < -0.39 is 10.8 Å². The van der Waals surface area contributed by atoms with Crippen LogP contribution in [-0.4, -0.2) is 26.1 Å². The van der Waals surface area contributed by atoms with Crippen LogP contribution in [0.1, 0.15) is 6.92 Å². The summed E-state index contributed by atoms with van der Waals surface area (Å²) in [5.74, 6) is -2.58. The largest absolute Gasteiger partial charge is 0.343 e. The van der Waals surface area contributed by atoms with Gasteiger partial charge in [-0.15, -0.1) is 0 Å². The second-order valence-electron chi connectivity index (χ2n) is 1.30. The SMILES string of the molecule is CC(Br)C(O)(O)O. The molecule has 0 saturated heterocycles. The van der Waals surface area contributed by atoms with Crippen molar-refractivity contribution in [1.82, 2.24) is 0 Å². The van der Waals surface area contributed by atoms with Crippen LogP contribution in [0.15, 0.2) is 0 Å².